The minimum absolute atomic E-state index is 0.183. The fraction of sp³-hybridized carbons (Fsp3) is 0.435. The van der Waals surface area contributed by atoms with Gasteiger partial charge in [0.05, 0.1) is 28.3 Å². The number of pyridine rings is 1. The molecular weight excluding hydrogens is 465 g/mol. The Kier molecular flexibility index (Phi) is 6.30. The zero-order valence-electron chi connectivity index (χ0n) is 18.0. The Balaban J connectivity index is 1.22. The van der Waals surface area contributed by atoms with Crippen molar-refractivity contribution in [1.29, 1.82) is 0 Å². The molecule has 1 aromatic heterocycles. The number of amides is 2. The number of benzene rings is 1. The second-order valence-electron chi connectivity index (χ2n) is 8.76. The number of piperazine rings is 1. The summed E-state index contributed by atoms with van der Waals surface area (Å²) in [5.41, 5.74) is 3.88. The van der Waals surface area contributed by atoms with E-state index < -0.39 is 5.82 Å². The molecule has 2 amide bonds. The molecule has 2 atom stereocenters. The van der Waals surface area contributed by atoms with Crippen molar-refractivity contribution in [2.75, 3.05) is 31.1 Å². The van der Waals surface area contributed by atoms with Crippen LogP contribution in [0.3, 0.4) is 0 Å². The average molecular weight is 490 g/mol. The van der Waals surface area contributed by atoms with E-state index in [1.54, 1.807) is 0 Å². The number of carbonyl (C=O) groups is 2. The van der Waals surface area contributed by atoms with Gasteiger partial charge < -0.3 is 4.90 Å². The number of halogens is 2. The molecule has 5 rings (SSSR count). The third-order valence-electron chi connectivity index (χ3n) is 6.69. The predicted octanol–water partition coefficient (Wildman–Crippen LogP) is 2.75. The van der Waals surface area contributed by atoms with Crippen LogP contribution in [0, 0.1) is 5.82 Å². The van der Waals surface area contributed by atoms with Crippen LogP contribution in [0.1, 0.15) is 34.9 Å². The van der Waals surface area contributed by atoms with E-state index in [1.165, 1.54) is 18.0 Å². The first kappa shape index (κ1) is 22.6. The van der Waals surface area contributed by atoms with E-state index in [4.69, 9.17) is 24.2 Å². The average Bonchev–Trinajstić information content (AvgIpc) is 3.11. The molecule has 7 nitrogen and oxygen atoms in total. The topological polar surface area (TPSA) is 68.8 Å². The van der Waals surface area contributed by atoms with Crippen LogP contribution in [0.25, 0.3) is 0 Å². The number of rotatable bonds is 4. The van der Waals surface area contributed by atoms with Crippen molar-refractivity contribution in [2.45, 2.75) is 37.3 Å². The van der Waals surface area contributed by atoms with E-state index in [2.05, 4.69) is 38.3 Å². The van der Waals surface area contributed by atoms with Crippen LogP contribution in [-0.2, 0) is 22.7 Å². The molecule has 1 aromatic carbocycles. The van der Waals surface area contributed by atoms with E-state index in [9.17, 15) is 14.0 Å². The first-order chi connectivity index (χ1) is 15.9. The summed E-state index contributed by atoms with van der Waals surface area (Å²) in [6, 6.07) is 6.07. The summed E-state index contributed by atoms with van der Waals surface area (Å²) < 4.78 is 14.2. The lowest BCUT2D eigenvalue weighted by Gasteiger charge is -2.36. The van der Waals surface area contributed by atoms with Crippen LogP contribution < -0.4 is 10.2 Å². The molecule has 4 heterocycles. The molecule has 2 saturated heterocycles. The maximum Gasteiger partial charge on any atom is 0.243 e. The third kappa shape index (κ3) is 4.47. The summed E-state index contributed by atoms with van der Waals surface area (Å²) in [4.78, 5) is 34.0. The minimum atomic E-state index is -0.394. The Labute approximate surface area is 202 Å². The Morgan fingerprint density at radius 2 is 1.97 bits per heavy atom. The summed E-state index contributed by atoms with van der Waals surface area (Å²) in [6.45, 7) is 4.39. The summed E-state index contributed by atoms with van der Waals surface area (Å²) >= 11 is 11.0. The molecule has 0 saturated carbocycles. The summed E-state index contributed by atoms with van der Waals surface area (Å²) in [6.07, 6.45) is 3.55. The van der Waals surface area contributed by atoms with Crippen LogP contribution in [-0.4, -0.2) is 58.8 Å². The second-order valence-corrected chi connectivity index (χ2v) is 9.66. The van der Waals surface area contributed by atoms with Gasteiger partial charge in [0.15, 0.2) is 5.82 Å². The quantitative estimate of drug-likeness (QED) is 0.508. The van der Waals surface area contributed by atoms with Gasteiger partial charge >= 0.3 is 0 Å². The molecule has 10 heteroatoms. The molecule has 174 valence electrons. The largest absolute Gasteiger partial charge is 0.365 e. The SMILES string of the molecule is O=C1CCC(N2Cc3ccc(CN4CCN(c5c(F)cncc5Cl)CC4)cc3C2S)C(=O)N1. The van der Waals surface area contributed by atoms with Crippen LogP contribution >= 0.6 is 24.2 Å². The lowest BCUT2D eigenvalue weighted by atomic mass is 10.0. The first-order valence-electron chi connectivity index (χ1n) is 11.1. The number of hydrogen-bond donors (Lipinski definition) is 2. The van der Waals surface area contributed by atoms with Crippen LogP contribution in [0.5, 0.6) is 0 Å². The fourth-order valence-corrected chi connectivity index (χ4v) is 5.71. The van der Waals surface area contributed by atoms with E-state index >= 15 is 0 Å². The summed E-state index contributed by atoms with van der Waals surface area (Å²) in [5, 5.41) is 2.59. The van der Waals surface area contributed by atoms with Crippen molar-refractivity contribution in [3.8, 4) is 0 Å². The Bertz CT molecular complexity index is 1070. The van der Waals surface area contributed by atoms with Crippen molar-refractivity contribution in [3.05, 3.63) is 58.1 Å². The van der Waals surface area contributed by atoms with Gasteiger partial charge in [-0.3, -0.25) is 29.7 Å². The highest BCUT2D eigenvalue weighted by Gasteiger charge is 2.39. The van der Waals surface area contributed by atoms with Crippen molar-refractivity contribution < 1.29 is 14.0 Å². The summed E-state index contributed by atoms with van der Waals surface area (Å²) in [7, 11) is 0. The number of thiol groups is 1. The first-order valence-corrected chi connectivity index (χ1v) is 12.0. The molecule has 3 aliphatic rings. The molecule has 2 fully saturated rings. The second kappa shape index (κ2) is 9.21. The van der Waals surface area contributed by atoms with Gasteiger partial charge in [-0.2, -0.15) is 12.6 Å². The number of carbonyl (C=O) groups excluding carboxylic acids is 2. The van der Waals surface area contributed by atoms with Gasteiger partial charge in [0, 0.05) is 51.9 Å². The number of piperidine rings is 1. The minimum Gasteiger partial charge on any atom is -0.365 e. The Hall–Kier alpha value is -2.20. The highest BCUT2D eigenvalue weighted by molar-refractivity contribution is 7.80. The predicted molar refractivity (Wildman–Crippen MR) is 127 cm³/mol. The third-order valence-corrected chi connectivity index (χ3v) is 7.54. The molecule has 2 unspecified atom stereocenters. The number of fused-ring (bicyclic) bond motifs is 1. The highest BCUT2D eigenvalue weighted by Crippen LogP contribution is 2.39. The normalized spacial score (nSPS) is 24.2. The van der Waals surface area contributed by atoms with Crippen molar-refractivity contribution in [2.24, 2.45) is 0 Å². The molecule has 33 heavy (non-hydrogen) atoms. The van der Waals surface area contributed by atoms with Crippen LogP contribution in [0.4, 0.5) is 10.1 Å². The molecule has 0 bridgehead atoms. The van der Waals surface area contributed by atoms with Crippen molar-refractivity contribution >= 4 is 41.7 Å². The van der Waals surface area contributed by atoms with Gasteiger partial charge in [-0.05, 0) is 23.1 Å². The molecular formula is C23H25ClFN5O2S. The van der Waals surface area contributed by atoms with Gasteiger partial charge in [0.1, 0.15) is 0 Å². The smallest absolute Gasteiger partial charge is 0.243 e. The molecule has 0 spiro atoms. The molecule has 1 N–H and O–H groups in total. The van der Waals surface area contributed by atoms with Crippen LogP contribution in [0.2, 0.25) is 5.02 Å². The maximum absolute atomic E-state index is 14.2. The van der Waals surface area contributed by atoms with E-state index in [1.807, 2.05) is 4.90 Å². The van der Waals surface area contributed by atoms with Gasteiger partial charge in [-0.25, -0.2) is 4.39 Å². The van der Waals surface area contributed by atoms with E-state index in [-0.39, 0.29) is 23.2 Å². The molecule has 0 aliphatic carbocycles. The highest BCUT2D eigenvalue weighted by atomic mass is 35.5. The van der Waals surface area contributed by atoms with E-state index in [0.717, 1.165) is 30.8 Å². The number of anilines is 1. The monoisotopic (exact) mass is 489 g/mol. The van der Waals surface area contributed by atoms with Crippen molar-refractivity contribution in [1.82, 2.24) is 20.1 Å². The summed E-state index contributed by atoms with van der Waals surface area (Å²) in [5.74, 6) is -0.836. The fourth-order valence-electron chi connectivity index (χ4n) is 4.96. The number of nitrogens with one attached hydrogen (secondary N) is 1. The van der Waals surface area contributed by atoms with E-state index in [0.29, 0.717) is 43.2 Å². The van der Waals surface area contributed by atoms with Crippen LogP contribution in [0.15, 0.2) is 30.6 Å². The van der Waals surface area contributed by atoms with Gasteiger partial charge in [0.2, 0.25) is 11.8 Å². The molecule has 3 aliphatic heterocycles. The number of nitrogens with zero attached hydrogens (tertiary/aromatic N) is 4. The van der Waals surface area contributed by atoms with Gasteiger partial charge in [-0.1, -0.05) is 29.8 Å². The molecule has 2 aromatic rings. The maximum atomic E-state index is 14.2. The number of imide groups is 1. The van der Waals surface area contributed by atoms with Gasteiger partial charge in [-0.15, -0.1) is 0 Å². The molecule has 0 radical (unpaired) electrons. The van der Waals surface area contributed by atoms with Gasteiger partial charge in [0.25, 0.3) is 0 Å². The zero-order valence-corrected chi connectivity index (χ0v) is 19.7. The van der Waals surface area contributed by atoms with Crippen molar-refractivity contribution in [3.63, 3.8) is 0 Å². The number of aromatic nitrogens is 1. The Morgan fingerprint density at radius 3 is 2.70 bits per heavy atom. The number of hydrogen-bond acceptors (Lipinski definition) is 7. The lowest BCUT2D eigenvalue weighted by Crippen LogP contribution is -2.51. The Morgan fingerprint density at radius 1 is 1.18 bits per heavy atom. The zero-order chi connectivity index (χ0) is 23.1. The lowest BCUT2D eigenvalue weighted by molar-refractivity contribution is -0.137. The standard InChI is InChI=1S/C23H25ClFN5O2S/c24-17-10-26-11-18(25)21(17)29-7-5-28(6-8-29)12-14-1-2-15-13-30(23(33)16(15)9-14)19-3-4-20(31)27-22(19)32/h1-2,9-11,19,23,33H,3-8,12-13H2,(H,27,31,32).